The van der Waals surface area contributed by atoms with Crippen molar-refractivity contribution in [3.8, 4) is 23.0 Å². The fraction of sp³-hybridized carbons (Fsp3) is 0.471. The van der Waals surface area contributed by atoms with Gasteiger partial charge in [0.1, 0.15) is 0 Å². The molecule has 2 aromatic rings. The van der Waals surface area contributed by atoms with E-state index in [-0.39, 0.29) is 17.7 Å². The Bertz CT molecular complexity index is 718. The van der Waals surface area contributed by atoms with E-state index in [1.54, 1.807) is 32.4 Å². The fourth-order valence-electron chi connectivity index (χ4n) is 1.94. The number of rotatable bonds is 8. The summed E-state index contributed by atoms with van der Waals surface area (Å²) in [5.74, 6) is 2.11. The molecule has 1 N–H and O–H groups in total. The minimum atomic E-state index is -0.0583. The Morgan fingerprint density at radius 3 is 2.56 bits per heavy atom. The van der Waals surface area contributed by atoms with E-state index in [9.17, 15) is 4.79 Å². The quantitative estimate of drug-likeness (QED) is 0.720. The van der Waals surface area contributed by atoms with Crippen LogP contribution in [0.1, 0.15) is 20.8 Å². The largest absolute Gasteiger partial charge is 0.493 e. The van der Waals surface area contributed by atoms with Crippen LogP contribution in [0.4, 0.5) is 0 Å². The first-order chi connectivity index (χ1) is 11.9. The first kappa shape index (κ1) is 19.1. The molecule has 1 aromatic carbocycles. The van der Waals surface area contributed by atoms with Crippen LogP contribution in [0.3, 0.4) is 0 Å². The summed E-state index contributed by atoms with van der Waals surface area (Å²) < 4.78 is 16.1. The minimum Gasteiger partial charge on any atom is -0.493 e. The number of amides is 1. The maximum absolute atomic E-state index is 11.9. The van der Waals surface area contributed by atoms with Crippen molar-refractivity contribution in [2.24, 2.45) is 5.92 Å². The van der Waals surface area contributed by atoms with Gasteiger partial charge in [-0.2, -0.15) is 0 Å². The van der Waals surface area contributed by atoms with Crippen LogP contribution in [0.15, 0.2) is 27.8 Å². The summed E-state index contributed by atoms with van der Waals surface area (Å²) in [6.45, 7) is 6.10. The number of thioether (sulfide) groups is 1. The van der Waals surface area contributed by atoms with Crippen LogP contribution in [0, 0.1) is 5.92 Å². The van der Waals surface area contributed by atoms with Gasteiger partial charge in [-0.1, -0.05) is 25.6 Å². The van der Waals surface area contributed by atoms with Gasteiger partial charge in [-0.25, -0.2) is 0 Å². The van der Waals surface area contributed by atoms with Gasteiger partial charge in [-0.15, -0.1) is 10.2 Å². The molecule has 0 aliphatic rings. The average Bonchev–Trinajstić information content (AvgIpc) is 3.08. The third kappa shape index (κ3) is 5.12. The molecule has 0 aliphatic carbocycles. The molecule has 0 unspecified atom stereocenters. The number of methoxy groups -OCH3 is 2. The molecule has 0 saturated carbocycles. The molecule has 0 bridgehead atoms. The molecule has 2 rings (SSSR count). The second kappa shape index (κ2) is 8.75. The van der Waals surface area contributed by atoms with Gasteiger partial charge in [-0.3, -0.25) is 4.79 Å². The van der Waals surface area contributed by atoms with Crippen molar-refractivity contribution in [3.05, 3.63) is 18.2 Å². The molecule has 1 amide bonds. The molecule has 0 radical (unpaired) electrons. The van der Waals surface area contributed by atoms with E-state index in [1.165, 1.54) is 11.8 Å². The molecule has 1 atom stereocenters. The molecular weight excluding hydrogens is 342 g/mol. The summed E-state index contributed by atoms with van der Waals surface area (Å²) in [4.78, 5) is 11.9. The monoisotopic (exact) mass is 365 g/mol. The van der Waals surface area contributed by atoms with E-state index in [2.05, 4.69) is 29.4 Å². The van der Waals surface area contributed by atoms with Crippen LogP contribution in [0.2, 0.25) is 0 Å². The normalized spacial score (nSPS) is 12.1. The van der Waals surface area contributed by atoms with E-state index in [0.717, 1.165) is 5.56 Å². The summed E-state index contributed by atoms with van der Waals surface area (Å²) in [6.07, 6.45) is 0. The lowest BCUT2D eigenvalue weighted by Gasteiger charge is -2.16. The Morgan fingerprint density at radius 1 is 1.20 bits per heavy atom. The molecule has 0 spiro atoms. The van der Waals surface area contributed by atoms with Crippen LogP contribution in [-0.2, 0) is 4.79 Å². The lowest BCUT2D eigenvalue weighted by molar-refractivity contribution is -0.119. The Balaban J connectivity index is 1.99. The van der Waals surface area contributed by atoms with E-state index in [0.29, 0.717) is 28.5 Å². The van der Waals surface area contributed by atoms with E-state index in [1.807, 2.05) is 6.92 Å². The summed E-state index contributed by atoms with van der Waals surface area (Å²) in [5, 5.41) is 11.3. The van der Waals surface area contributed by atoms with Crippen molar-refractivity contribution in [2.75, 3.05) is 20.0 Å². The lowest BCUT2D eigenvalue weighted by Crippen LogP contribution is -2.37. The molecule has 25 heavy (non-hydrogen) atoms. The second-order valence-electron chi connectivity index (χ2n) is 5.83. The highest BCUT2D eigenvalue weighted by Crippen LogP contribution is 2.32. The molecule has 0 fully saturated rings. The topological polar surface area (TPSA) is 86.5 Å². The van der Waals surface area contributed by atoms with Crippen molar-refractivity contribution >= 4 is 17.7 Å². The number of aromatic nitrogens is 2. The SMILES string of the molecule is COc1ccc(-c2nnc(SCC(=O)N[C@@H](C)C(C)C)o2)cc1OC. The van der Waals surface area contributed by atoms with E-state index >= 15 is 0 Å². The fourth-order valence-corrected chi connectivity index (χ4v) is 2.52. The highest BCUT2D eigenvalue weighted by Gasteiger charge is 2.15. The smallest absolute Gasteiger partial charge is 0.277 e. The lowest BCUT2D eigenvalue weighted by atomic mass is 10.1. The number of hydrogen-bond donors (Lipinski definition) is 1. The van der Waals surface area contributed by atoms with Crippen molar-refractivity contribution in [2.45, 2.75) is 32.0 Å². The molecule has 1 heterocycles. The molecule has 0 saturated heterocycles. The molecule has 1 aromatic heterocycles. The predicted molar refractivity (Wildman–Crippen MR) is 96.0 cm³/mol. The number of hydrogen-bond acceptors (Lipinski definition) is 7. The maximum Gasteiger partial charge on any atom is 0.277 e. The van der Waals surface area contributed by atoms with Gasteiger partial charge < -0.3 is 19.2 Å². The molecule has 0 aliphatic heterocycles. The number of carbonyl (C=O) groups is 1. The number of nitrogens with zero attached hydrogens (tertiary/aromatic N) is 2. The number of nitrogens with one attached hydrogen (secondary N) is 1. The summed E-state index contributed by atoms with van der Waals surface area (Å²) in [5.41, 5.74) is 0.717. The third-order valence-corrected chi connectivity index (χ3v) is 4.57. The Hall–Kier alpha value is -2.22. The third-order valence-electron chi connectivity index (χ3n) is 3.75. The van der Waals surface area contributed by atoms with Gasteiger partial charge in [0, 0.05) is 11.6 Å². The summed E-state index contributed by atoms with van der Waals surface area (Å²) >= 11 is 1.21. The van der Waals surface area contributed by atoms with Gasteiger partial charge in [0.05, 0.1) is 20.0 Å². The number of benzene rings is 1. The maximum atomic E-state index is 11.9. The van der Waals surface area contributed by atoms with Gasteiger partial charge in [-0.05, 0) is 31.0 Å². The second-order valence-corrected chi connectivity index (χ2v) is 6.76. The first-order valence-electron chi connectivity index (χ1n) is 7.92. The van der Waals surface area contributed by atoms with Crippen LogP contribution >= 0.6 is 11.8 Å². The number of carbonyl (C=O) groups excluding carboxylic acids is 1. The molecular formula is C17H23N3O4S. The van der Waals surface area contributed by atoms with Gasteiger partial charge in [0.25, 0.3) is 5.22 Å². The zero-order valence-electron chi connectivity index (χ0n) is 15.0. The molecule has 7 nitrogen and oxygen atoms in total. The standard InChI is InChI=1S/C17H23N3O4S/c1-10(2)11(3)18-15(21)9-25-17-20-19-16(24-17)12-6-7-13(22-4)14(8-12)23-5/h6-8,10-11H,9H2,1-5H3,(H,18,21)/t11-/m0/s1. The predicted octanol–water partition coefficient (Wildman–Crippen LogP) is 3.01. The summed E-state index contributed by atoms with van der Waals surface area (Å²) in [6, 6.07) is 5.46. The summed E-state index contributed by atoms with van der Waals surface area (Å²) in [7, 11) is 3.14. The van der Waals surface area contributed by atoms with E-state index < -0.39 is 0 Å². The van der Waals surface area contributed by atoms with Crippen molar-refractivity contribution in [3.63, 3.8) is 0 Å². The Labute approximate surface area is 151 Å². The van der Waals surface area contributed by atoms with Gasteiger partial charge in [0.15, 0.2) is 11.5 Å². The van der Waals surface area contributed by atoms with Crippen molar-refractivity contribution in [1.29, 1.82) is 0 Å². The zero-order valence-corrected chi connectivity index (χ0v) is 15.8. The molecule has 136 valence electrons. The minimum absolute atomic E-state index is 0.0583. The van der Waals surface area contributed by atoms with Crippen LogP contribution in [0.25, 0.3) is 11.5 Å². The first-order valence-corrected chi connectivity index (χ1v) is 8.91. The highest BCUT2D eigenvalue weighted by molar-refractivity contribution is 7.99. The highest BCUT2D eigenvalue weighted by atomic mass is 32.2. The van der Waals surface area contributed by atoms with Crippen LogP contribution < -0.4 is 14.8 Å². The van der Waals surface area contributed by atoms with Crippen LogP contribution in [0.5, 0.6) is 11.5 Å². The number of ether oxygens (including phenoxy) is 2. The van der Waals surface area contributed by atoms with Crippen molar-refractivity contribution in [1.82, 2.24) is 15.5 Å². The Kier molecular flexibility index (Phi) is 6.69. The zero-order chi connectivity index (χ0) is 18.4. The van der Waals surface area contributed by atoms with Crippen molar-refractivity contribution < 1.29 is 18.7 Å². The van der Waals surface area contributed by atoms with Gasteiger partial charge in [0.2, 0.25) is 11.8 Å². The average molecular weight is 365 g/mol. The van der Waals surface area contributed by atoms with Crippen LogP contribution in [-0.4, -0.2) is 42.1 Å². The molecule has 8 heteroatoms. The Morgan fingerprint density at radius 2 is 1.92 bits per heavy atom. The van der Waals surface area contributed by atoms with Gasteiger partial charge >= 0.3 is 0 Å². The van der Waals surface area contributed by atoms with E-state index in [4.69, 9.17) is 13.9 Å².